The van der Waals surface area contributed by atoms with Crippen molar-refractivity contribution in [1.29, 1.82) is 0 Å². The highest BCUT2D eigenvalue weighted by Crippen LogP contribution is 2.20. The maximum absolute atomic E-state index is 6.26. The minimum Gasteiger partial charge on any atom is -0.324 e. The molecule has 108 valence electrons. The van der Waals surface area contributed by atoms with E-state index in [2.05, 4.69) is 51.9 Å². The Hall–Kier alpha value is -0.750. The van der Waals surface area contributed by atoms with E-state index in [9.17, 15) is 0 Å². The van der Waals surface area contributed by atoms with Gasteiger partial charge in [0.2, 0.25) is 0 Å². The van der Waals surface area contributed by atoms with Gasteiger partial charge in [0.25, 0.3) is 0 Å². The first-order valence-electron chi connectivity index (χ1n) is 6.65. The SMILES string of the molecule is Cc1ncsc1CN(C)CCC(N)c1cccc(Br)c1. The molecule has 2 rings (SSSR count). The number of thiazole rings is 1. The van der Waals surface area contributed by atoms with Gasteiger partial charge < -0.3 is 10.6 Å². The lowest BCUT2D eigenvalue weighted by atomic mass is 10.0. The molecule has 3 nitrogen and oxygen atoms in total. The molecule has 0 spiro atoms. The van der Waals surface area contributed by atoms with Gasteiger partial charge in [-0.15, -0.1) is 11.3 Å². The molecule has 20 heavy (non-hydrogen) atoms. The van der Waals surface area contributed by atoms with Crippen molar-refractivity contribution in [2.24, 2.45) is 5.73 Å². The number of nitrogens with zero attached hydrogens (tertiary/aromatic N) is 2. The minimum absolute atomic E-state index is 0.0810. The Morgan fingerprint density at radius 3 is 2.90 bits per heavy atom. The van der Waals surface area contributed by atoms with Gasteiger partial charge >= 0.3 is 0 Å². The second kappa shape index (κ2) is 7.31. The fourth-order valence-corrected chi connectivity index (χ4v) is 3.34. The van der Waals surface area contributed by atoms with E-state index in [0.29, 0.717) is 0 Å². The topological polar surface area (TPSA) is 42.2 Å². The molecule has 0 bridgehead atoms. The molecule has 0 saturated carbocycles. The number of aromatic nitrogens is 1. The largest absolute Gasteiger partial charge is 0.324 e. The van der Waals surface area contributed by atoms with Crippen molar-refractivity contribution < 1.29 is 0 Å². The van der Waals surface area contributed by atoms with E-state index in [4.69, 9.17) is 5.73 Å². The summed E-state index contributed by atoms with van der Waals surface area (Å²) in [5.74, 6) is 0. The summed E-state index contributed by atoms with van der Waals surface area (Å²) in [4.78, 5) is 7.92. The lowest BCUT2D eigenvalue weighted by Crippen LogP contribution is -2.23. The summed E-state index contributed by atoms with van der Waals surface area (Å²) < 4.78 is 1.08. The van der Waals surface area contributed by atoms with Crippen LogP contribution in [0, 0.1) is 6.92 Å². The van der Waals surface area contributed by atoms with E-state index < -0.39 is 0 Å². The number of rotatable bonds is 6. The van der Waals surface area contributed by atoms with Crippen LogP contribution in [-0.4, -0.2) is 23.5 Å². The number of aryl methyl sites for hydroxylation is 1. The molecule has 0 aliphatic rings. The molecule has 1 aromatic carbocycles. The number of nitrogens with two attached hydrogens (primary N) is 1. The van der Waals surface area contributed by atoms with E-state index in [1.807, 2.05) is 17.6 Å². The van der Waals surface area contributed by atoms with Gasteiger partial charge in [-0.05, 0) is 38.1 Å². The fraction of sp³-hybridized carbons (Fsp3) is 0.400. The average Bonchev–Trinajstić information content (AvgIpc) is 2.81. The van der Waals surface area contributed by atoms with Gasteiger partial charge in [0.15, 0.2) is 0 Å². The van der Waals surface area contributed by atoms with Crippen molar-refractivity contribution in [3.63, 3.8) is 0 Å². The fourth-order valence-electron chi connectivity index (χ4n) is 2.07. The van der Waals surface area contributed by atoms with Gasteiger partial charge in [-0.25, -0.2) is 4.98 Å². The van der Waals surface area contributed by atoms with Crippen LogP contribution >= 0.6 is 27.3 Å². The van der Waals surface area contributed by atoms with Crippen LogP contribution in [0.15, 0.2) is 34.2 Å². The molecule has 5 heteroatoms. The van der Waals surface area contributed by atoms with E-state index in [-0.39, 0.29) is 6.04 Å². The maximum Gasteiger partial charge on any atom is 0.0798 e. The molecule has 1 unspecified atom stereocenters. The maximum atomic E-state index is 6.26. The summed E-state index contributed by atoms with van der Waals surface area (Å²) in [6.45, 7) is 3.99. The van der Waals surface area contributed by atoms with Gasteiger partial charge in [0.05, 0.1) is 11.2 Å². The average molecular weight is 354 g/mol. The summed E-state index contributed by atoms with van der Waals surface area (Å²) in [6, 6.07) is 8.32. The Balaban J connectivity index is 1.84. The predicted molar refractivity (Wildman–Crippen MR) is 88.9 cm³/mol. The summed E-state index contributed by atoms with van der Waals surface area (Å²) in [7, 11) is 2.13. The molecule has 0 aliphatic carbocycles. The van der Waals surface area contributed by atoms with Crippen LogP contribution in [0.4, 0.5) is 0 Å². The first-order chi connectivity index (χ1) is 9.56. The highest BCUT2D eigenvalue weighted by atomic mass is 79.9. The Bertz CT molecular complexity index is 556. The Morgan fingerprint density at radius 1 is 1.45 bits per heavy atom. The van der Waals surface area contributed by atoms with Crippen molar-refractivity contribution in [3.05, 3.63) is 50.4 Å². The zero-order valence-corrected chi connectivity index (χ0v) is 14.2. The second-order valence-corrected chi connectivity index (χ2v) is 6.90. The Kier molecular flexibility index (Phi) is 5.72. The first-order valence-corrected chi connectivity index (χ1v) is 8.32. The standard InChI is InChI=1S/C15H20BrN3S/c1-11-15(20-10-18-11)9-19(2)7-6-14(17)12-4-3-5-13(16)8-12/h3-5,8,10,14H,6-7,9,17H2,1-2H3. The smallest absolute Gasteiger partial charge is 0.0798 e. The van der Waals surface area contributed by atoms with Gasteiger partial charge in [0.1, 0.15) is 0 Å². The highest BCUT2D eigenvalue weighted by molar-refractivity contribution is 9.10. The molecule has 0 radical (unpaired) electrons. The lowest BCUT2D eigenvalue weighted by molar-refractivity contribution is 0.313. The van der Waals surface area contributed by atoms with Crippen LogP contribution in [0.3, 0.4) is 0 Å². The van der Waals surface area contributed by atoms with Crippen molar-refractivity contribution in [2.75, 3.05) is 13.6 Å². The summed E-state index contributed by atoms with van der Waals surface area (Å²) in [5.41, 5.74) is 10.5. The third-order valence-corrected chi connectivity index (χ3v) is 4.77. The van der Waals surface area contributed by atoms with Crippen molar-refractivity contribution in [3.8, 4) is 0 Å². The summed E-state index contributed by atoms with van der Waals surface area (Å²) in [6.07, 6.45) is 0.949. The molecule has 0 aliphatic heterocycles. The highest BCUT2D eigenvalue weighted by Gasteiger charge is 2.10. The third-order valence-electron chi connectivity index (χ3n) is 3.36. The van der Waals surface area contributed by atoms with Gasteiger partial charge in [-0.1, -0.05) is 28.1 Å². The second-order valence-electron chi connectivity index (χ2n) is 5.05. The predicted octanol–water partition coefficient (Wildman–Crippen LogP) is 3.74. The summed E-state index contributed by atoms with van der Waals surface area (Å²) in [5, 5.41) is 0. The van der Waals surface area contributed by atoms with Crippen LogP contribution in [0.25, 0.3) is 0 Å². The molecule has 1 atom stereocenters. The zero-order chi connectivity index (χ0) is 14.5. The first kappa shape index (κ1) is 15.6. The van der Waals surface area contributed by atoms with Crippen molar-refractivity contribution in [2.45, 2.75) is 25.9 Å². The van der Waals surface area contributed by atoms with E-state index in [1.54, 1.807) is 11.3 Å². The zero-order valence-electron chi connectivity index (χ0n) is 11.8. The van der Waals surface area contributed by atoms with E-state index >= 15 is 0 Å². The van der Waals surface area contributed by atoms with Crippen LogP contribution in [0.2, 0.25) is 0 Å². The monoisotopic (exact) mass is 353 g/mol. The van der Waals surface area contributed by atoms with E-state index in [1.165, 1.54) is 10.4 Å². The van der Waals surface area contributed by atoms with Crippen LogP contribution in [0.1, 0.15) is 28.6 Å². The molecule has 1 aromatic heterocycles. The Labute approximate surface area is 133 Å². The van der Waals surface area contributed by atoms with Crippen molar-refractivity contribution >= 4 is 27.3 Å². The molecule has 0 saturated heterocycles. The summed E-state index contributed by atoms with van der Waals surface area (Å²) >= 11 is 5.21. The molecular weight excluding hydrogens is 334 g/mol. The van der Waals surface area contributed by atoms with Crippen LogP contribution in [-0.2, 0) is 6.54 Å². The van der Waals surface area contributed by atoms with Gasteiger partial charge in [-0.2, -0.15) is 0 Å². The Morgan fingerprint density at radius 2 is 2.25 bits per heavy atom. The number of benzene rings is 1. The minimum atomic E-state index is 0.0810. The third kappa shape index (κ3) is 4.38. The molecule has 0 fully saturated rings. The molecule has 2 N–H and O–H groups in total. The molecule has 0 amide bonds. The van der Waals surface area contributed by atoms with E-state index in [0.717, 1.165) is 29.7 Å². The molecular formula is C15H20BrN3S. The van der Waals surface area contributed by atoms with Gasteiger partial charge in [0, 0.05) is 28.5 Å². The lowest BCUT2D eigenvalue weighted by Gasteiger charge is -2.19. The van der Waals surface area contributed by atoms with Crippen LogP contribution < -0.4 is 5.73 Å². The van der Waals surface area contributed by atoms with Crippen LogP contribution in [0.5, 0.6) is 0 Å². The number of hydrogen-bond acceptors (Lipinski definition) is 4. The number of halogens is 1. The quantitative estimate of drug-likeness (QED) is 0.859. The normalized spacial score (nSPS) is 12.8. The molecule has 1 heterocycles. The molecule has 2 aromatic rings. The van der Waals surface area contributed by atoms with Crippen molar-refractivity contribution in [1.82, 2.24) is 9.88 Å². The van der Waals surface area contributed by atoms with Gasteiger partial charge in [-0.3, -0.25) is 0 Å². The number of hydrogen-bond donors (Lipinski definition) is 1.